The van der Waals surface area contributed by atoms with E-state index >= 15 is 0 Å². The number of benzene rings is 3. The summed E-state index contributed by atoms with van der Waals surface area (Å²) in [4.78, 5) is -0.275. The highest BCUT2D eigenvalue weighted by molar-refractivity contribution is 7.92. The van der Waals surface area contributed by atoms with Gasteiger partial charge in [0, 0.05) is 11.1 Å². The van der Waals surface area contributed by atoms with Gasteiger partial charge in [-0.3, -0.25) is 0 Å². The van der Waals surface area contributed by atoms with Crippen molar-refractivity contribution in [2.24, 2.45) is 0 Å². The van der Waals surface area contributed by atoms with Crippen molar-refractivity contribution in [1.82, 2.24) is 0 Å². The zero-order valence-electron chi connectivity index (χ0n) is 21.8. The molecule has 1 aliphatic carbocycles. The van der Waals surface area contributed by atoms with Crippen LogP contribution in [0.15, 0.2) is 71.6 Å². The normalized spacial score (nSPS) is 16.1. The Labute approximate surface area is 239 Å². The average molecular weight is 645 g/mol. The van der Waals surface area contributed by atoms with E-state index in [1.54, 1.807) is 0 Å². The third-order valence-corrected chi connectivity index (χ3v) is 9.92. The van der Waals surface area contributed by atoms with E-state index in [2.05, 4.69) is 9.47 Å². The van der Waals surface area contributed by atoms with Crippen LogP contribution >= 0.6 is 0 Å². The fourth-order valence-corrected chi connectivity index (χ4v) is 7.48. The summed E-state index contributed by atoms with van der Waals surface area (Å²) in [7, 11) is -4.29. The monoisotopic (exact) mass is 644 g/mol. The topological polar surface area (TPSA) is 52.6 Å². The van der Waals surface area contributed by atoms with Crippen LogP contribution < -0.4 is 4.74 Å². The third kappa shape index (κ3) is 5.93. The van der Waals surface area contributed by atoms with Crippen LogP contribution in [0.4, 0.5) is 43.9 Å². The van der Waals surface area contributed by atoms with Gasteiger partial charge in [0.1, 0.15) is 22.1 Å². The van der Waals surface area contributed by atoms with Gasteiger partial charge in [-0.1, -0.05) is 37.1 Å². The van der Waals surface area contributed by atoms with Crippen molar-refractivity contribution in [3.05, 3.63) is 95.1 Å². The standard InChI is InChI=1S/C28H22F10O4S/c29-20-7-10-22(11-8-20)43(39,40)25(13-1-2-14-25)18-3-5-19(6-4-18)26(27(33,34)35,28(36,37)38)41-16-17-15-21(42-24(31)32)9-12-23(17)30/h3-12,15,24H,1-2,13-14,16H2. The highest BCUT2D eigenvalue weighted by Gasteiger charge is 2.73. The van der Waals surface area contributed by atoms with E-state index in [0.717, 1.165) is 36.4 Å². The molecule has 3 aromatic rings. The second-order valence-corrected chi connectivity index (χ2v) is 12.1. The summed E-state index contributed by atoms with van der Waals surface area (Å²) in [6.07, 6.45) is -11.6. The van der Waals surface area contributed by atoms with Crippen molar-refractivity contribution in [1.29, 1.82) is 0 Å². The molecule has 15 heteroatoms. The average Bonchev–Trinajstić information content (AvgIpc) is 3.41. The van der Waals surface area contributed by atoms with Gasteiger partial charge in [0.25, 0.3) is 5.60 Å². The molecule has 0 aliphatic heterocycles. The molecule has 0 amide bonds. The van der Waals surface area contributed by atoms with E-state index in [1.807, 2.05) is 0 Å². The second kappa shape index (κ2) is 11.6. The lowest BCUT2D eigenvalue weighted by Gasteiger charge is -2.38. The Balaban J connectivity index is 1.78. The molecule has 0 unspecified atom stereocenters. The van der Waals surface area contributed by atoms with Crippen LogP contribution in [0, 0.1) is 11.6 Å². The second-order valence-electron chi connectivity index (χ2n) is 9.83. The summed E-state index contributed by atoms with van der Waals surface area (Å²) in [5.41, 5.74) is -7.52. The molecular formula is C28H22F10O4S. The lowest BCUT2D eigenvalue weighted by Crippen LogP contribution is -2.55. The number of rotatable bonds is 9. The van der Waals surface area contributed by atoms with E-state index in [1.165, 1.54) is 0 Å². The molecule has 0 bridgehead atoms. The van der Waals surface area contributed by atoms with Crippen molar-refractivity contribution in [2.45, 2.75) is 66.5 Å². The Kier molecular flexibility index (Phi) is 8.82. The van der Waals surface area contributed by atoms with Crippen molar-refractivity contribution < 1.29 is 61.8 Å². The van der Waals surface area contributed by atoms with Crippen LogP contribution in [-0.4, -0.2) is 27.4 Å². The van der Waals surface area contributed by atoms with Crippen LogP contribution in [0.25, 0.3) is 0 Å². The largest absolute Gasteiger partial charge is 0.435 e. The first-order valence-electron chi connectivity index (χ1n) is 12.6. The maximum atomic E-state index is 14.3. The molecule has 234 valence electrons. The molecule has 0 N–H and O–H groups in total. The van der Waals surface area contributed by atoms with Gasteiger partial charge in [0.2, 0.25) is 0 Å². The smallest absolute Gasteiger partial charge is 0.430 e. The molecule has 0 heterocycles. The molecule has 1 aliphatic rings. The number of hydrogen-bond acceptors (Lipinski definition) is 4. The van der Waals surface area contributed by atoms with Crippen LogP contribution in [-0.2, 0) is 31.5 Å². The van der Waals surface area contributed by atoms with Gasteiger partial charge in [0.05, 0.1) is 11.5 Å². The molecule has 3 aromatic carbocycles. The summed E-state index contributed by atoms with van der Waals surface area (Å²) < 4.78 is 173. The molecule has 4 nitrogen and oxygen atoms in total. The van der Waals surface area contributed by atoms with Crippen LogP contribution in [0.3, 0.4) is 0 Å². The van der Waals surface area contributed by atoms with E-state index < -0.39 is 74.3 Å². The maximum absolute atomic E-state index is 14.3. The fraction of sp³-hybridized carbons (Fsp3) is 0.357. The Bertz CT molecular complexity index is 1510. The van der Waals surface area contributed by atoms with E-state index in [0.29, 0.717) is 43.2 Å². The molecular weight excluding hydrogens is 622 g/mol. The fourth-order valence-electron chi connectivity index (χ4n) is 5.27. The van der Waals surface area contributed by atoms with Crippen LogP contribution in [0.5, 0.6) is 5.75 Å². The van der Waals surface area contributed by atoms with Gasteiger partial charge in [0.15, 0.2) is 9.84 Å². The Morgan fingerprint density at radius 3 is 1.86 bits per heavy atom. The van der Waals surface area contributed by atoms with Crippen molar-refractivity contribution in [3.8, 4) is 5.75 Å². The first kappa shape index (κ1) is 32.6. The molecule has 0 atom stereocenters. The van der Waals surface area contributed by atoms with E-state index in [9.17, 15) is 52.3 Å². The van der Waals surface area contributed by atoms with Crippen molar-refractivity contribution >= 4 is 9.84 Å². The third-order valence-electron chi connectivity index (χ3n) is 7.35. The van der Waals surface area contributed by atoms with Crippen molar-refractivity contribution in [3.63, 3.8) is 0 Å². The predicted octanol–water partition coefficient (Wildman–Crippen LogP) is 8.35. The molecule has 0 spiro atoms. The molecule has 4 rings (SSSR count). The predicted molar refractivity (Wildman–Crippen MR) is 132 cm³/mol. The van der Waals surface area contributed by atoms with Gasteiger partial charge in [-0.15, -0.1) is 0 Å². The highest BCUT2D eigenvalue weighted by Crippen LogP contribution is 2.54. The minimum absolute atomic E-state index is 0.00253. The summed E-state index contributed by atoms with van der Waals surface area (Å²) in [5, 5.41) is 0. The van der Waals surface area contributed by atoms with Gasteiger partial charge >= 0.3 is 19.0 Å². The number of hydrogen-bond donors (Lipinski definition) is 0. The Morgan fingerprint density at radius 2 is 1.35 bits per heavy atom. The summed E-state index contributed by atoms with van der Waals surface area (Å²) in [6.45, 7) is -5.06. The lowest BCUT2D eigenvalue weighted by molar-refractivity contribution is -0.392. The van der Waals surface area contributed by atoms with Crippen LogP contribution in [0.1, 0.15) is 42.4 Å². The SMILES string of the molecule is O=S(=O)(c1ccc(F)cc1)C1(c2ccc(C(OCc3cc(OC(F)F)ccc3F)(C(F)(F)F)C(F)(F)F)cc2)CCCC1. The van der Waals surface area contributed by atoms with Crippen molar-refractivity contribution in [2.75, 3.05) is 0 Å². The molecule has 1 fully saturated rings. The Morgan fingerprint density at radius 1 is 0.791 bits per heavy atom. The zero-order chi connectivity index (χ0) is 31.8. The Hall–Kier alpha value is -3.33. The summed E-state index contributed by atoms with van der Waals surface area (Å²) in [6, 6.07) is 8.07. The quantitative estimate of drug-likeness (QED) is 0.174. The van der Waals surface area contributed by atoms with Gasteiger partial charge in [-0.05, 0) is 60.9 Å². The molecule has 0 saturated heterocycles. The molecule has 0 radical (unpaired) electrons. The van der Waals surface area contributed by atoms with E-state index in [4.69, 9.17) is 0 Å². The number of halogens is 10. The first-order valence-corrected chi connectivity index (χ1v) is 14.0. The minimum Gasteiger partial charge on any atom is -0.435 e. The minimum atomic E-state index is -6.18. The summed E-state index contributed by atoms with van der Waals surface area (Å²) in [5.74, 6) is -2.79. The summed E-state index contributed by atoms with van der Waals surface area (Å²) >= 11 is 0. The lowest BCUT2D eigenvalue weighted by atomic mass is 9.88. The van der Waals surface area contributed by atoms with Crippen LogP contribution in [0.2, 0.25) is 0 Å². The molecule has 0 aromatic heterocycles. The molecule has 43 heavy (non-hydrogen) atoms. The van der Waals surface area contributed by atoms with E-state index in [-0.39, 0.29) is 23.3 Å². The molecule has 1 saturated carbocycles. The zero-order valence-corrected chi connectivity index (χ0v) is 22.6. The number of ether oxygens (including phenoxy) is 2. The maximum Gasteiger partial charge on any atom is 0.430 e. The highest BCUT2D eigenvalue weighted by atomic mass is 32.2. The van der Waals surface area contributed by atoms with Gasteiger partial charge < -0.3 is 9.47 Å². The van der Waals surface area contributed by atoms with Gasteiger partial charge in [-0.2, -0.15) is 35.1 Å². The number of alkyl halides is 8. The first-order chi connectivity index (χ1) is 19.9. The number of sulfone groups is 1. The van der Waals surface area contributed by atoms with Gasteiger partial charge in [-0.25, -0.2) is 17.2 Å².